The molecule has 1 heterocycles. The smallest absolute Gasteiger partial charge is 0.179 e. The Labute approximate surface area is 79.4 Å². The van der Waals surface area contributed by atoms with Crippen molar-refractivity contribution >= 4 is 5.78 Å². The fourth-order valence-corrected chi connectivity index (χ4v) is 1.45. The average molecular weight is 179 g/mol. The van der Waals surface area contributed by atoms with Crippen LogP contribution in [0.3, 0.4) is 0 Å². The van der Waals surface area contributed by atoms with Gasteiger partial charge in [-0.25, -0.2) is 0 Å². The summed E-state index contributed by atoms with van der Waals surface area (Å²) in [6.07, 6.45) is 3.40. The molecule has 0 bridgehead atoms. The Bertz CT molecular complexity index is 286. The molecule has 0 aromatic carbocycles. The van der Waals surface area contributed by atoms with Crippen LogP contribution >= 0.6 is 0 Å². The maximum Gasteiger partial charge on any atom is 0.179 e. The van der Waals surface area contributed by atoms with Crippen molar-refractivity contribution in [3.05, 3.63) is 23.5 Å². The third-order valence-corrected chi connectivity index (χ3v) is 2.06. The molecule has 0 aliphatic heterocycles. The van der Waals surface area contributed by atoms with Crippen molar-refractivity contribution in [2.24, 2.45) is 5.92 Å². The van der Waals surface area contributed by atoms with Crippen LogP contribution in [0.25, 0.3) is 0 Å². The Hall–Kier alpha value is -1.05. The van der Waals surface area contributed by atoms with E-state index >= 15 is 0 Å². The number of carbonyl (C=O) groups is 1. The van der Waals surface area contributed by atoms with Crippen molar-refractivity contribution in [1.82, 2.24) is 4.98 Å². The Morgan fingerprint density at radius 1 is 1.54 bits per heavy atom. The summed E-state index contributed by atoms with van der Waals surface area (Å²) in [5.41, 5.74) is 1.96. The molecule has 1 aromatic heterocycles. The van der Waals surface area contributed by atoms with Gasteiger partial charge in [-0.05, 0) is 24.0 Å². The van der Waals surface area contributed by atoms with E-state index in [0.717, 1.165) is 17.7 Å². The van der Waals surface area contributed by atoms with Crippen molar-refractivity contribution < 1.29 is 4.79 Å². The van der Waals surface area contributed by atoms with Gasteiger partial charge in [0.25, 0.3) is 0 Å². The van der Waals surface area contributed by atoms with E-state index in [-0.39, 0.29) is 5.78 Å². The van der Waals surface area contributed by atoms with Gasteiger partial charge in [0.1, 0.15) is 0 Å². The zero-order valence-corrected chi connectivity index (χ0v) is 8.55. The lowest BCUT2D eigenvalue weighted by Crippen LogP contribution is -2.03. The molecule has 0 saturated carbocycles. The van der Waals surface area contributed by atoms with Gasteiger partial charge in [-0.2, -0.15) is 0 Å². The normalized spacial score (nSPS) is 10.8. The number of H-pyrrole nitrogens is 1. The predicted molar refractivity (Wildman–Crippen MR) is 54.0 cm³/mol. The Morgan fingerprint density at radius 2 is 2.23 bits per heavy atom. The zero-order valence-electron chi connectivity index (χ0n) is 8.55. The van der Waals surface area contributed by atoms with Gasteiger partial charge in [-0.3, -0.25) is 4.79 Å². The lowest BCUT2D eigenvalue weighted by atomic mass is 10.0. The number of hydrogen-bond acceptors (Lipinski definition) is 1. The highest BCUT2D eigenvalue weighted by molar-refractivity contribution is 5.95. The molecular weight excluding hydrogens is 162 g/mol. The molecule has 0 aliphatic rings. The van der Waals surface area contributed by atoms with Gasteiger partial charge in [0.2, 0.25) is 0 Å². The van der Waals surface area contributed by atoms with Gasteiger partial charge in [-0.15, -0.1) is 0 Å². The summed E-state index contributed by atoms with van der Waals surface area (Å²) in [5, 5.41) is 0. The van der Waals surface area contributed by atoms with Crippen LogP contribution < -0.4 is 0 Å². The third kappa shape index (κ3) is 2.44. The molecule has 0 saturated heterocycles. The minimum absolute atomic E-state index is 0.209. The molecule has 2 nitrogen and oxygen atoms in total. The Kier molecular flexibility index (Phi) is 3.29. The predicted octanol–water partition coefficient (Wildman–Crippen LogP) is 2.81. The van der Waals surface area contributed by atoms with Gasteiger partial charge in [0.05, 0.1) is 5.69 Å². The van der Waals surface area contributed by atoms with E-state index in [9.17, 15) is 4.79 Å². The average Bonchev–Trinajstić information content (AvgIpc) is 2.50. The summed E-state index contributed by atoms with van der Waals surface area (Å²) in [5.74, 6) is 0.805. The molecule has 0 aliphatic carbocycles. The van der Waals surface area contributed by atoms with Gasteiger partial charge in [0.15, 0.2) is 5.78 Å². The highest BCUT2D eigenvalue weighted by Crippen LogP contribution is 2.13. The number of nitrogens with one attached hydrogen (secondary N) is 1. The summed E-state index contributed by atoms with van der Waals surface area (Å²) < 4.78 is 0. The van der Waals surface area contributed by atoms with Crippen molar-refractivity contribution in [3.8, 4) is 0 Å². The first-order valence-electron chi connectivity index (χ1n) is 4.84. The second-order valence-corrected chi connectivity index (χ2v) is 3.75. The Balaban J connectivity index is 2.83. The minimum Gasteiger partial charge on any atom is -0.359 e. The van der Waals surface area contributed by atoms with Crippen LogP contribution in [0.2, 0.25) is 0 Å². The van der Waals surface area contributed by atoms with Crippen LogP contribution in [-0.2, 0) is 6.42 Å². The monoisotopic (exact) mass is 179 g/mol. The van der Waals surface area contributed by atoms with Crippen LogP contribution in [0.1, 0.15) is 43.2 Å². The molecule has 1 rings (SSSR count). The molecule has 13 heavy (non-hydrogen) atoms. The molecular formula is C11H17NO. The fourth-order valence-electron chi connectivity index (χ4n) is 1.45. The number of aromatic nitrogens is 1. The van der Waals surface area contributed by atoms with Crippen LogP contribution in [0.15, 0.2) is 12.3 Å². The summed E-state index contributed by atoms with van der Waals surface area (Å²) in [6.45, 7) is 6.21. The topological polar surface area (TPSA) is 32.9 Å². The maximum absolute atomic E-state index is 11.4. The number of ketones is 1. The first kappa shape index (κ1) is 10.0. The van der Waals surface area contributed by atoms with Crippen molar-refractivity contribution in [2.75, 3.05) is 0 Å². The van der Waals surface area contributed by atoms with Crippen molar-refractivity contribution in [2.45, 2.75) is 33.6 Å². The van der Waals surface area contributed by atoms with Crippen LogP contribution in [0, 0.1) is 5.92 Å². The molecule has 0 amide bonds. The van der Waals surface area contributed by atoms with E-state index in [1.54, 1.807) is 0 Å². The molecule has 0 fully saturated rings. The van der Waals surface area contributed by atoms with E-state index in [0.29, 0.717) is 12.3 Å². The van der Waals surface area contributed by atoms with E-state index in [1.807, 2.05) is 19.2 Å². The second kappa shape index (κ2) is 4.26. The van der Waals surface area contributed by atoms with E-state index in [4.69, 9.17) is 0 Å². The summed E-state index contributed by atoms with van der Waals surface area (Å²) in [4.78, 5) is 14.5. The maximum atomic E-state index is 11.4. The summed E-state index contributed by atoms with van der Waals surface area (Å²) >= 11 is 0. The summed E-state index contributed by atoms with van der Waals surface area (Å²) in [6, 6.07) is 2.00. The number of rotatable bonds is 4. The number of Topliss-reactive ketones (excluding diaryl/α,β-unsaturated/α-hetero) is 1. The van der Waals surface area contributed by atoms with Gasteiger partial charge in [0, 0.05) is 12.6 Å². The quantitative estimate of drug-likeness (QED) is 0.708. The molecule has 1 N–H and O–H groups in total. The summed E-state index contributed by atoms with van der Waals surface area (Å²) in [7, 11) is 0. The minimum atomic E-state index is 0.209. The van der Waals surface area contributed by atoms with Crippen LogP contribution in [0.4, 0.5) is 0 Å². The fraction of sp³-hybridized carbons (Fsp3) is 0.545. The molecule has 0 unspecified atom stereocenters. The standard InChI is InChI=1S/C11H17NO/c1-4-10(13)11-9(5-6-12-11)7-8(2)3/h5-6,8,12H,4,7H2,1-3H3. The Morgan fingerprint density at radius 3 is 2.77 bits per heavy atom. The molecule has 0 radical (unpaired) electrons. The van der Waals surface area contributed by atoms with Crippen LogP contribution in [-0.4, -0.2) is 10.8 Å². The largest absolute Gasteiger partial charge is 0.359 e. The molecule has 72 valence electrons. The lowest BCUT2D eigenvalue weighted by molar-refractivity contribution is 0.0983. The van der Waals surface area contributed by atoms with Crippen molar-refractivity contribution in [1.29, 1.82) is 0 Å². The van der Waals surface area contributed by atoms with Crippen LogP contribution in [0.5, 0.6) is 0 Å². The van der Waals surface area contributed by atoms with E-state index < -0.39 is 0 Å². The highest BCUT2D eigenvalue weighted by atomic mass is 16.1. The SMILES string of the molecule is CCC(=O)c1[nH]ccc1CC(C)C. The van der Waals surface area contributed by atoms with Gasteiger partial charge >= 0.3 is 0 Å². The first-order valence-corrected chi connectivity index (χ1v) is 4.84. The first-order chi connectivity index (χ1) is 6.15. The number of aromatic amines is 1. The zero-order chi connectivity index (χ0) is 9.84. The second-order valence-electron chi connectivity index (χ2n) is 3.75. The molecule has 0 spiro atoms. The molecule has 1 aromatic rings. The third-order valence-electron chi connectivity index (χ3n) is 2.06. The highest BCUT2D eigenvalue weighted by Gasteiger charge is 2.11. The van der Waals surface area contributed by atoms with Gasteiger partial charge in [-0.1, -0.05) is 20.8 Å². The van der Waals surface area contributed by atoms with E-state index in [2.05, 4.69) is 18.8 Å². The lowest BCUT2D eigenvalue weighted by Gasteiger charge is -2.04. The van der Waals surface area contributed by atoms with Gasteiger partial charge < -0.3 is 4.98 Å². The number of hydrogen-bond donors (Lipinski definition) is 1. The van der Waals surface area contributed by atoms with Crippen molar-refractivity contribution in [3.63, 3.8) is 0 Å². The van der Waals surface area contributed by atoms with E-state index in [1.165, 1.54) is 0 Å². The molecule has 0 atom stereocenters. The number of carbonyl (C=O) groups excluding carboxylic acids is 1. The molecule has 2 heteroatoms.